The first-order valence-electron chi connectivity index (χ1n) is 12.5. The molecule has 0 spiro atoms. The number of hydrogen-bond acceptors (Lipinski definition) is 3. The average Bonchev–Trinajstić information content (AvgIpc) is 2.84. The Hall–Kier alpha value is -2.47. The Morgan fingerprint density at radius 1 is 1.03 bits per heavy atom. The van der Waals surface area contributed by atoms with Gasteiger partial charge < -0.3 is 4.90 Å². The SMILES string of the molecule is Cc1cc(F)ccc1[C@H]1CN(C2CS(=O)C2)CC[C@@H]1C(=O)N(C)[C@@H](C)c1cc(C(F)(F)F)cc(C(F)(F)F)c1. The predicted molar refractivity (Wildman–Crippen MR) is 133 cm³/mol. The minimum atomic E-state index is -5.00. The summed E-state index contributed by atoms with van der Waals surface area (Å²) in [6.07, 6.45) is -9.61. The molecule has 12 heteroatoms. The van der Waals surface area contributed by atoms with Crippen LogP contribution >= 0.6 is 0 Å². The van der Waals surface area contributed by atoms with E-state index in [0.29, 0.717) is 48.7 Å². The summed E-state index contributed by atoms with van der Waals surface area (Å²) < 4.78 is 106. The lowest BCUT2D eigenvalue weighted by atomic mass is 9.77. The zero-order chi connectivity index (χ0) is 28.9. The van der Waals surface area contributed by atoms with E-state index in [1.165, 1.54) is 31.0 Å². The molecule has 4 rings (SSSR count). The lowest BCUT2D eigenvalue weighted by Crippen LogP contribution is -2.56. The standard InChI is InChI=1S/C27H29F7N2O2S/c1-15-8-20(28)4-5-22(15)24-12-36(21-13-39(38)14-21)7-6-23(24)25(37)35(3)16(2)17-9-18(26(29,30)31)11-19(10-17)27(32,33)34/h4-5,8-11,16,21,23-24H,6-7,12-14H2,1-3H3/t16-,21?,23-,24+,39?/m0/s1. The third-order valence-electron chi connectivity index (χ3n) is 7.89. The van der Waals surface area contributed by atoms with Crippen LogP contribution in [-0.2, 0) is 27.9 Å². The van der Waals surface area contributed by atoms with Crippen LogP contribution in [0.4, 0.5) is 30.7 Å². The molecule has 0 aliphatic carbocycles. The zero-order valence-corrected chi connectivity index (χ0v) is 22.4. The fourth-order valence-corrected chi connectivity index (χ4v) is 6.64. The fraction of sp³-hybridized carbons (Fsp3) is 0.519. The van der Waals surface area contributed by atoms with Crippen LogP contribution in [0.2, 0.25) is 0 Å². The molecule has 0 bridgehead atoms. The quantitative estimate of drug-likeness (QED) is 0.414. The van der Waals surface area contributed by atoms with Crippen LogP contribution in [0.15, 0.2) is 36.4 Å². The molecule has 214 valence electrons. The number of amides is 1. The highest BCUT2D eigenvalue weighted by Gasteiger charge is 2.43. The van der Waals surface area contributed by atoms with Crippen molar-refractivity contribution < 1.29 is 39.7 Å². The summed E-state index contributed by atoms with van der Waals surface area (Å²) in [5, 5.41) is 0. The highest BCUT2D eigenvalue weighted by molar-refractivity contribution is 7.86. The number of halogens is 7. The minimum absolute atomic E-state index is 0.0641. The second kappa shape index (κ2) is 10.8. The Labute approximate surface area is 224 Å². The van der Waals surface area contributed by atoms with Gasteiger partial charge in [0.25, 0.3) is 0 Å². The number of aryl methyl sites for hydroxylation is 1. The van der Waals surface area contributed by atoms with Crippen molar-refractivity contribution in [3.8, 4) is 0 Å². The first kappa shape index (κ1) is 29.5. The van der Waals surface area contributed by atoms with Gasteiger partial charge in [-0.05, 0) is 73.8 Å². The van der Waals surface area contributed by atoms with Crippen LogP contribution in [0.3, 0.4) is 0 Å². The largest absolute Gasteiger partial charge is 0.416 e. The first-order chi connectivity index (χ1) is 18.1. The van der Waals surface area contributed by atoms with E-state index < -0.39 is 58.0 Å². The Morgan fingerprint density at radius 3 is 2.13 bits per heavy atom. The number of carbonyl (C=O) groups excluding carboxylic acids is 1. The molecule has 0 aromatic heterocycles. The van der Waals surface area contributed by atoms with E-state index in [4.69, 9.17) is 0 Å². The average molecular weight is 579 g/mol. The summed E-state index contributed by atoms with van der Waals surface area (Å²) in [7, 11) is 0.489. The van der Waals surface area contributed by atoms with Gasteiger partial charge in [0.05, 0.1) is 17.2 Å². The van der Waals surface area contributed by atoms with Gasteiger partial charge in [0.2, 0.25) is 5.91 Å². The molecule has 2 aromatic carbocycles. The minimum Gasteiger partial charge on any atom is -0.339 e. The van der Waals surface area contributed by atoms with Crippen molar-refractivity contribution in [3.05, 3.63) is 70.0 Å². The van der Waals surface area contributed by atoms with E-state index in [-0.39, 0.29) is 23.6 Å². The number of benzene rings is 2. The van der Waals surface area contributed by atoms with Gasteiger partial charge in [-0.15, -0.1) is 0 Å². The molecule has 0 N–H and O–H groups in total. The maximum Gasteiger partial charge on any atom is 0.416 e. The van der Waals surface area contributed by atoms with E-state index >= 15 is 0 Å². The maximum absolute atomic E-state index is 13.9. The summed E-state index contributed by atoms with van der Waals surface area (Å²) in [6.45, 7) is 4.09. The molecule has 2 aliphatic rings. The molecule has 4 nitrogen and oxygen atoms in total. The van der Waals surface area contributed by atoms with Crippen molar-refractivity contribution in [2.75, 3.05) is 31.6 Å². The molecule has 2 heterocycles. The topological polar surface area (TPSA) is 40.6 Å². The molecule has 0 unspecified atom stereocenters. The van der Waals surface area contributed by atoms with Crippen LogP contribution in [0.1, 0.15) is 53.1 Å². The summed E-state index contributed by atoms with van der Waals surface area (Å²) in [6, 6.07) is 4.65. The van der Waals surface area contributed by atoms with Crippen molar-refractivity contribution >= 4 is 16.7 Å². The second-order valence-corrected chi connectivity index (χ2v) is 11.9. The highest BCUT2D eigenvalue weighted by Crippen LogP contribution is 2.41. The molecule has 0 saturated carbocycles. The Balaban J connectivity index is 1.65. The molecule has 2 aromatic rings. The molecule has 39 heavy (non-hydrogen) atoms. The molecule has 3 atom stereocenters. The van der Waals surface area contributed by atoms with Gasteiger partial charge in [0.1, 0.15) is 5.82 Å². The van der Waals surface area contributed by atoms with Crippen LogP contribution in [0.5, 0.6) is 0 Å². The van der Waals surface area contributed by atoms with E-state index in [9.17, 15) is 39.7 Å². The number of alkyl halides is 6. The normalized spacial score (nSPS) is 25.2. The zero-order valence-electron chi connectivity index (χ0n) is 21.6. The smallest absolute Gasteiger partial charge is 0.339 e. The molecular formula is C27H29F7N2O2S. The Kier molecular flexibility index (Phi) is 8.20. The van der Waals surface area contributed by atoms with Crippen LogP contribution < -0.4 is 0 Å². The Morgan fingerprint density at radius 2 is 1.62 bits per heavy atom. The van der Waals surface area contributed by atoms with E-state index in [1.807, 2.05) is 0 Å². The monoisotopic (exact) mass is 578 g/mol. The molecule has 0 radical (unpaired) electrons. The van der Waals surface area contributed by atoms with Gasteiger partial charge in [-0.25, -0.2) is 4.39 Å². The van der Waals surface area contributed by atoms with Crippen molar-refractivity contribution in [2.45, 2.75) is 50.6 Å². The van der Waals surface area contributed by atoms with Crippen molar-refractivity contribution in [2.24, 2.45) is 5.92 Å². The predicted octanol–water partition coefficient (Wildman–Crippen LogP) is 5.93. The van der Waals surface area contributed by atoms with Gasteiger partial charge in [-0.3, -0.25) is 13.9 Å². The molecular weight excluding hydrogens is 549 g/mol. The number of hydrogen-bond donors (Lipinski definition) is 0. The first-order valence-corrected chi connectivity index (χ1v) is 14.0. The summed E-state index contributed by atoms with van der Waals surface area (Å²) in [5.74, 6) is -0.807. The number of carbonyl (C=O) groups is 1. The van der Waals surface area contributed by atoms with E-state index in [2.05, 4.69) is 4.90 Å². The van der Waals surface area contributed by atoms with E-state index in [0.717, 1.165) is 5.56 Å². The number of rotatable bonds is 5. The van der Waals surface area contributed by atoms with Crippen LogP contribution in [-0.4, -0.2) is 57.6 Å². The molecule has 1 amide bonds. The Bertz CT molecular complexity index is 1220. The third kappa shape index (κ3) is 6.32. The second-order valence-electron chi connectivity index (χ2n) is 10.4. The number of piperidine rings is 1. The summed E-state index contributed by atoms with van der Waals surface area (Å²) in [5.41, 5.74) is -1.77. The molecule has 2 fully saturated rings. The third-order valence-corrected chi connectivity index (χ3v) is 9.40. The molecule has 2 aliphatic heterocycles. The number of nitrogens with zero attached hydrogens (tertiary/aromatic N) is 2. The lowest BCUT2D eigenvalue weighted by Gasteiger charge is -2.45. The van der Waals surface area contributed by atoms with Gasteiger partial charge in [0.15, 0.2) is 0 Å². The van der Waals surface area contributed by atoms with Gasteiger partial charge in [-0.1, -0.05) is 6.07 Å². The van der Waals surface area contributed by atoms with Crippen molar-refractivity contribution in [3.63, 3.8) is 0 Å². The van der Waals surface area contributed by atoms with Crippen molar-refractivity contribution in [1.29, 1.82) is 0 Å². The van der Waals surface area contributed by atoms with Crippen molar-refractivity contribution in [1.82, 2.24) is 9.80 Å². The summed E-state index contributed by atoms with van der Waals surface area (Å²) >= 11 is 0. The van der Waals surface area contributed by atoms with Gasteiger partial charge >= 0.3 is 12.4 Å². The summed E-state index contributed by atoms with van der Waals surface area (Å²) in [4.78, 5) is 17.1. The lowest BCUT2D eigenvalue weighted by molar-refractivity contribution is -0.143. The van der Waals surface area contributed by atoms with Crippen LogP contribution in [0.25, 0.3) is 0 Å². The fourth-order valence-electron chi connectivity index (χ4n) is 5.46. The maximum atomic E-state index is 13.9. The van der Waals surface area contributed by atoms with Gasteiger partial charge in [-0.2, -0.15) is 26.3 Å². The molecule has 2 saturated heterocycles. The highest BCUT2D eigenvalue weighted by atomic mass is 32.2. The van der Waals surface area contributed by atoms with Gasteiger partial charge in [0, 0.05) is 53.8 Å². The number of likely N-dealkylation sites (tertiary alicyclic amines) is 1. The van der Waals surface area contributed by atoms with E-state index in [1.54, 1.807) is 13.0 Å². The van der Waals surface area contributed by atoms with Crippen LogP contribution in [0, 0.1) is 18.7 Å².